The van der Waals surface area contributed by atoms with Crippen LogP contribution in [0.25, 0.3) is 0 Å². The van der Waals surface area contributed by atoms with Gasteiger partial charge in [-0.1, -0.05) is 23.2 Å². The number of halogens is 2. The number of carbonyl (C=O) groups is 2. The molecule has 0 spiro atoms. The molecular weight excluding hydrogens is 391 g/mol. The lowest BCUT2D eigenvalue weighted by Crippen LogP contribution is -2.47. The van der Waals surface area contributed by atoms with Gasteiger partial charge in [0.1, 0.15) is 11.5 Å². The second-order valence-corrected chi connectivity index (χ2v) is 6.81. The Kier molecular flexibility index (Phi) is 7.33. The van der Waals surface area contributed by atoms with Crippen molar-refractivity contribution in [3.05, 3.63) is 58.1 Å². The van der Waals surface area contributed by atoms with Crippen molar-refractivity contribution >= 4 is 35.0 Å². The van der Waals surface area contributed by atoms with E-state index in [-0.39, 0.29) is 11.1 Å². The predicted molar refractivity (Wildman–Crippen MR) is 104 cm³/mol. The summed E-state index contributed by atoms with van der Waals surface area (Å²) >= 11 is 11.8. The topological polar surface area (TPSA) is 76.7 Å². The van der Waals surface area contributed by atoms with Crippen molar-refractivity contribution in [3.8, 4) is 11.5 Å². The van der Waals surface area contributed by atoms with Crippen LogP contribution in [0.2, 0.25) is 10.0 Å². The summed E-state index contributed by atoms with van der Waals surface area (Å²) in [5, 5.41) is 0.747. The normalized spacial score (nSPS) is 11.6. The fraction of sp³-hybridized carbons (Fsp3) is 0.263. The van der Waals surface area contributed by atoms with Crippen LogP contribution in [-0.2, 0) is 4.79 Å². The molecule has 0 aliphatic rings. The van der Waals surface area contributed by atoms with Crippen LogP contribution in [0.4, 0.5) is 0 Å². The average molecular weight is 411 g/mol. The molecular formula is C19H20Cl2N2O4. The zero-order valence-electron chi connectivity index (χ0n) is 15.1. The first-order chi connectivity index (χ1) is 12.8. The van der Waals surface area contributed by atoms with Crippen LogP contribution in [0.3, 0.4) is 0 Å². The number of rotatable bonds is 6. The first-order valence-corrected chi connectivity index (χ1v) is 9.00. The summed E-state index contributed by atoms with van der Waals surface area (Å²) in [5.41, 5.74) is 5.03. The van der Waals surface area contributed by atoms with Crippen LogP contribution in [0.15, 0.2) is 42.5 Å². The van der Waals surface area contributed by atoms with Gasteiger partial charge in [-0.2, -0.15) is 0 Å². The average Bonchev–Trinajstić information content (AvgIpc) is 2.61. The SMILES string of the molecule is CC(C)Oc1ccc(C(=O)NNC(=O)C(C)Oc2ccc(Cl)cc2Cl)cc1. The molecule has 0 aliphatic carbocycles. The molecule has 1 unspecified atom stereocenters. The molecule has 8 heteroatoms. The molecule has 0 bridgehead atoms. The number of hydrogen-bond acceptors (Lipinski definition) is 4. The molecule has 0 radical (unpaired) electrons. The van der Waals surface area contributed by atoms with Gasteiger partial charge < -0.3 is 9.47 Å². The van der Waals surface area contributed by atoms with E-state index in [2.05, 4.69) is 10.9 Å². The van der Waals surface area contributed by atoms with Gasteiger partial charge in [0.25, 0.3) is 11.8 Å². The van der Waals surface area contributed by atoms with E-state index in [1.807, 2.05) is 13.8 Å². The standard InChI is InChI=1S/C19H20Cl2N2O4/c1-11(2)26-15-7-4-13(5-8-15)19(25)23-22-18(24)12(3)27-17-9-6-14(20)10-16(17)21/h4-12H,1-3H3,(H,22,24)(H,23,25). The summed E-state index contributed by atoms with van der Waals surface area (Å²) in [6.07, 6.45) is -0.842. The first-order valence-electron chi connectivity index (χ1n) is 8.25. The van der Waals surface area contributed by atoms with Crippen LogP contribution >= 0.6 is 23.2 Å². The van der Waals surface area contributed by atoms with Crippen molar-refractivity contribution in [1.82, 2.24) is 10.9 Å². The highest BCUT2D eigenvalue weighted by Gasteiger charge is 2.17. The molecule has 2 rings (SSSR count). The maximum atomic E-state index is 12.1. The highest BCUT2D eigenvalue weighted by atomic mass is 35.5. The number of hydrazine groups is 1. The Bertz CT molecular complexity index is 810. The summed E-state index contributed by atoms with van der Waals surface area (Å²) in [5.74, 6) is -0.0199. The minimum atomic E-state index is -0.884. The summed E-state index contributed by atoms with van der Waals surface area (Å²) in [6.45, 7) is 5.36. The third-order valence-corrected chi connectivity index (χ3v) is 3.88. The molecule has 0 fully saturated rings. The number of benzene rings is 2. The third-order valence-electron chi connectivity index (χ3n) is 3.35. The molecule has 2 aromatic carbocycles. The molecule has 2 aromatic rings. The quantitative estimate of drug-likeness (QED) is 0.705. The summed E-state index contributed by atoms with van der Waals surface area (Å²) in [7, 11) is 0. The third kappa shape index (κ3) is 6.34. The van der Waals surface area contributed by atoms with Gasteiger partial charge in [-0.3, -0.25) is 20.4 Å². The van der Waals surface area contributed by atoms with Crippen LogP contribution in [0.5, 0.6) is 11.5 Å². The molecule has 2 amide bonds. The van der Waals surface area contributed by atoms with Gasteiger partial charge in [-0.25, -0.2) is 0 Å². The second kappa shape index (κ2) is 9.48. The largest absolute Gasteiger partial charge is 0.491 e. The van der Waals surface area contributed by atoms with Crippen LogP contribution < -0.4 is 20.3 Å². The fourth-order valence-corrected chi connectivity index (χ4v) is 2.52. The van der Waals surface area contributed by atoms with E-state index in [1.165, 1.54) is 13.0 Å². The van der Waals surface area contributed by atoms with Gasteiger partial charge >= 0.3 is 0 Å². The van der Waals surface area contributed by atoms with E-state index in [0.29, 0.717) is 22.1 Å². The number of ether oxygens (including phenoxy) is 2. The first kappa shape index (κ1) is 20.9. The molecule has 0 aliphatic heterocycles. The van der Waals surface area contributed by atoms with Gasteiger partial charge in [-0.15, -0.1) is 0 Å². The van der Waals surface area contributed by atoms with E-state index in [1.54, 1.807) is 36.4 Å². The lowest BCUT2D eigenvalue weighted by atomic mass is 10.2. The Labute approximate surface area is 167 Å². The van der Waals surface area contributed by atoms with Crippen molar-refractivity contribution in [2.75, 3.05) is 0 Å². The Balaban J connectivity index is 1.87. The molecule has 2 N–H and O–H groups in total. The van der Waals surface area contributed by atoms with E-state index in [4.69, 9.17) is 32.7 Å². The maximum Gasteiger partial charge on any atom is 0.279 e. The maximum absolute atomic E-state index is 12.1. The van der Waals surface area contributed by atoms with E-state index < -0.39 is 17.9 Å². The van der Waals surface area contributed by atoms with Crippen molar-refractivity contribution in [1.29, 1.82) is 0 Å². The van der Waals surface area contributed by atoms with Crippen molar-refractivity contribution in [2.24, 2.45) is 0 Å². The van der Waals surface area contributed by atoms with Crippen LogP contribution in [0.1, 0.15) is 31.1 Å². The number of amides is 2. The molecule has 27 heavy (non-hydrogen) atoms. The van der Waals surface area contributed by atoms with Gasteiger partial charge in [0.15, 0.2) is 6.10 Å². The number of hydrogen-bond donors (Lipinski definition) is 2. The predicted octanol–water partition coefficient (Wildman–Crippen LogP) is 4.01. The second-order valence-electron chi connectivity index (χ2n) is 5.97. The Hall–Kier alpha value is -2.44. The lowest BCUT2D eigenvalue weighted by Gasteiger charge is -2.16. The minimum absolute atomic E-state index is 0.0413. The molecule has 0 saturated carbocycles. The summed E-state index contributed by atoms with van der Waals surface area (Å²) < 4.78 is 11.0. The lowest BCUT2D eigenvalue weighted by molar-refractivity contribution is -0.128. The van der Waals surface area contributed by atoms with Crippen molar-refractivity contribution in [3.63, 3.8) is 0 Å². The van der Waals surface area contributed by atoms with Gasteiger partial charge in [0.05, 0.1) is 11.1 Å². The minimum Gasteiger partial charge on any atom is -0.491 e. The molecule has 1 atom stereocenters. The smallest absolute Gasteiger partial charge is 0.279 e. The molecule has 0 saturated heterocycles. The van der Waals surface area contributed by atoms with E-state index >= 15 is 0 Å². The Morgan fingerprint density at radius 3 is 2.19 bits per heavy atom. The molecule has 144 valence electrons. The zero-order valence-corrected chi connectivity index (χ0v) is 16.6. The van der Waals surface area contributed by atoms with E-state index in [9.17, 15) is 9.59 Å². The Morgan fingerprint density at radius 2 is 1.59 bits per heavy atom. The Morgan fingerprint density at radius 1 is 0.926 bits per heavy atom. The molecule has 0 aromatic heterocycles. The summed E-state index contributed by atoms with van der Waals surface area (Å²) in [6, 6.07) is 11.3. The van der Waals surface area contributed by atoms with Gasteiger partial charge in [-0.05, 0) is 63.2 Å². The van der Waals surface area contributed by atoms with Crippen LogP contribution in [-0.4, -0.2) is 24.0 Å². The monoisotopic (exact) mass is 410 g/mol. The fourth-order valence-electron chi connectivity index (χ4n) is 2.06. The van der Waals surface area contributed by atoms with E-state index in [0.717, 1.165) is 0 Å². The van der Waals surface area contributed by atoms with Gasteiger partial charge in [0, 0.05) is 10.6 Å². The highest BCUT2D eigenvalue weighted by molar-refractivity contribution is 6.35. The van der Waals surface area contributed by atoms with Crippen LogP contribution in [0, 0.1) is 0 Å². The van der Waals surface area contributed by atoms with Crippen molar-refractivity contribution in [2.45, 2.75) is 33.0 Å². The van der Waals surface area contributed by atoms with Gasteiger partial charge in [0.2, 0.25) is 0 Å². The number of carbonyl (C=O) groups excluding carboxylic acids is 2. The molecule has 6 nitrogen and oxygen atoms in total. The zero-order chi connectivity index (χ0) is 20.0. The van der Waals surface area contributed by atoms with Crippen molar-refractivity contribution < 1.29 is 19.1 Å². The summed E-state index contributed by atoms with van der Waals surface area (Å²) in [4.78, 5) is 24.2. The molecule has 0 heterocycles. The number of nitrogens with one attached hydrogen (secondary N) is 2. The highest BCUT2D eigenvalue weighted by Crippen LogP contribution is 2.28.